The van der Waals surface area contributed by atoms with Crippen molar-refractivity contribution in [1.82, 2.24) is 25.8 Å². The lowest BCUT2D eigenvalue weighted by molar-refractivity contribution is -0.127. The molecule has 2 rings (SSSR count). The summed E-state index contributed by atoms with van der Waals surface area (Å²) < 4.78 is 5.12. The van der Waals surface area contributed by atoms with E-state index in [2.05, 4.69) is 25.8 Å². The van der Waals surface area contributed by atoms with Crippen LogP contribution in [-0.2, 0) is 9.59 Å². The fourth-order valence-electron chi connectivity index (χ4n) is 2.00. The number of carbonyl (C=O) groups is 2. The number of benzene rings is 1. The molecule has 0 aliphatic heterocycles. The lowest BCUT2D eigenvalue weighted by atomic mass is 10.2. The zero-order chi connectivity index (χ0) is 18.2. The monoisotopic (exact) mass is 363 g/mol. The van der Waals surface area contributed by atoms with Crippen molar-refractivity contribution < 1.29 is 14.3 Å². The third-order valence-corrected chi connectivity index (χ3v) is 4.13. The summed E-state index contributed by atoms with van der Waals surface area (Å²) in [5.74, 6) is 1.04. The molecule has 1 aromatic heterocycles. The van der Waals surface area contributed by atoms with Gasteiger partial charge in [0.2, 0.25) is 17.0 Å². The van der Waals surface area contributed by atoms with Gasteiger partial charge in [0, 0.05) is 12.1 Å². The number of ether oxygens (including phenoxy) is 1. The number of hydrogen-bond donors (Lipinski definition) is 3. The SMILES string of the molecule is CCNC(=O)[C@@H](C)NC(=O)CSc1n[nH]c(-c2ccc(OC)cc2)n1. The number of amides is 2. The summed E-state index contributed by atoms with van der Waals surface area (Å²) in [6, 6.07) is 6.83. The maximum Gasteiger partial charge on any atom is 0.242 e. The van der Waals surface area contributed by atoms with E-state index in [0.717, 1.165) is 11.3 Å². The Balaban J connectivity index is 1.86. The second kappa shape index (κ2) is 9.07. The molecule has 0 fully saturated rings. The second-order valence-electron chi connectivity index (χ2n) is 5.17. The Labute approximate surface area is 150 Å². The third-order valence-electron chi connectivity index (χ3n) is 3.28. The third kappa shape index (κ3) is 5.49. The summed E-state index contributed by atoms with van der Waals surface area (Å²) in [6.07, 6.45) is 0. The molecule has 0 saturated heterocycles. The molecule has 2 aromatic rings. The molecule has 1 atom stereocenters. The van der Waals surface area contributed by atoms with E-state index in [0.29, 0.717) is 17.5 Å². The molecule has 0 aliphatic carbocycles. The van der Waals surface area contributed by atoms with Gasteiger partial charge < -0.3 is 15.4 Å². The second-order valence-corrected chi connectivity index (χ2v) is 6.11. The summed E-state index contributed by atoms with van der Waals surface area (Å²) in [5, 5.41) is 12.7. The van der Waals surface area contributed by atoms with Gasteiger partial charge in [-0.25, -0.2) is 4.98 Å². The first kappa shape index (κ1) is 18.8. The molecule has 9 heteroatoms. The number of hydrogen-bond acceptors (Lipinski definition) is 6. The molecule has 134 valence electrons. The van der Waals surface area contributed by atoms with Gasteiger partial charge in [-0.2, -0.15) is 0 Å². The topological polar surface area (TPSA) is 109 Å². The van der Waals surface area contributed by atoms with Crippen molar-refractivity contribution in [1.29, 1.82) is 0 Å². The van der Waals surface area contributed by atoms with Crippen LogP contribution in [0.4, 0.5) is 0 Å². The van der Waals surface area contributed by atoms with Crippen molar-refractivity contribution >= 4 is 23.6 Å². The normalized spacial score (nSPS) is 11.6. The molecule has 3 N–H and O–H groups in total. The largest absolute Gasteiger partial charge is 0.497 e. The number of nitrogens with one attached hydrogen (secondary N) is 3. The van der Waals surface area contributed by atoms with Crippen LogP contribution in [0, 0.1) is 0 Å². The summed E-state index contributed by atoms with van der Waals surface area (Å²) in [4.78, 5) is 27.8. The average Bonchev–Trinajstić information content (AvgIpc) is 3.09. The van der Waals surface area contributed by atoms with Crippen molar-refractivity contribution in [2.24, 2.45) is 0 Å². The van der Waals surface area contributed by atoms with Crippen molar-refractivity contribution in [2.45, 2.75) is 25.0 Å². The number of methoxy groups -OCH3 is 1. The molecule has 8 nitrogen and oxygen atoms in total. The van der Waals surface area contributed by atoms with E-state index in [-0.39, 0.29) is 17.6 Å². The summed E-state index contributed by atoms with van der Waals surface area (Å²) in [6.45, 7) is 3.99. The van der Waals surface area contributed by atoms with E-state index in [1.807, 2.05) is 31.2 Å². The fraction of sp³-hybridized carbons (Fsp3) is 0.375. The Morgan fingerprint density at radius 1 is 1.32 bits per heavy atom. The minimum Gasteiger partial charge on any atom is -0.497 e. The summed E-state index contributed by atoms with van der Waals surface area (Å²) >= 11 is 1.20. The van der Waals surface area contributed by atoms with Gasteiger partial charge in [-0.1, -0.05) is 11.8 Å². The standard InChI is InChI=1S/C16H21N5O3S/c1-4-17-15(23)10(2)18-13(22)9-25-16-19-14(20-21-16)11-5-7-12(24-3)8-6-11/h5-8,10H,4,9H2,1-3H3,(H,17,23)(H,18,22)(H,19,20,21)/t10-/m1/s1. The number of rotatable bonds is 8. The predicted octanol–water partition coefficient (Wildman–Crippen LogP) is 1.21. The predicted molar refractivity (Wildman–Crippen MR) is 95.4 cm³/mol. The Hall–Kier alpha value is -2.55. The number of carbonyl (C=O) groups excluding carboxylic acids is 2. The van der Waals surface area contributed by atoms with E-state index >= 15 is 0 Å². The molecule has 0 unspecified atom stereocenters. The van der Waals surface area contributed by atoms with E-state index in [9.17, 15) is 9.59 Å². The lowest BCUT2D eigenvalue weighted by Crippen LogP contribution is -2.45. The molecule has 0 radical (unpaired) electrons. The Bertz CT molecular complexity index is 717. The van der Waals surface area contributed by atoms with E-state index in [1.54, 1.807) is 14.0 Å². The minimum atomic E-state index is -0.574. The van der Waals surface area contributed by atoms with Crippen molar-refractivity contribution in [3.8, 4) is 17.1 Å². The zero-order valence-corrected chi connectivity index (χ0v) is 15.1. The highest BCUT2D eigenvalue weighted by molar-refractivity contribution is 7.99. The summed E-state index contributed by atoms with van der Waals surface area (Å²) in [5.41, 5.74) is 0.870. The number of H-pyrrole nitrogens is 1. The molecule has 1 aromatic carbocycles. The first-order valence-corrected chi connectivity index (χ1v) is 8.78. The smallest absolute Gasteiger partial charge is 0.242 e. The molecule has 25 heavy (non-hydrogen) atoms. The first-order valence-electron chi connectivity index (χ1n) is 7.80. The number of likely N-dealkylation sites (N-methyl/N-ethyl adjacent to an activating group) is 1. The van der Waals surface area contributed by atoms with E-state index < -0.39 is 6.04 Å². The van der Waals surface area contributed by atoms with Crippen LogP contribution in [0.25, 0.3) is 11.4 Å². The maximum atomic E-state index is 11.9. The van der Waals surface area contributed by atoms with E-state index in [1.165, 1.54) is 11.8 Å². The quantitative estimate of drug-likeness (QED) is 0.608. The van der Waals surface area contributed by atoms with Gasteiger partial charge >= 0.3 is 0 Å². The van der Waals surface area contributed by atoms with Crippen LogP contribution in [0.5, 0.6) is 5.75 Å². The highest BCUT2D eigenvalue weighted by atomic mass is 32.2. The van der Waals surface area contributed by atoms with Gasteiger partial charge in [-0.3, -0.25) is 14.7 Å². The molecule has 0 saturated carbocycles. The van der Waals surface area contributed by atoms with Gasteiger partial charge in [-0.05, 0) is 38.1 Å². The van der Waals surface area contributed by atoms with Crippen LogP contribution >= 0.6 is 11.8 Å². The van der Waals surface area contributed by atoms with Crippen LogP contribution < -0.4 is 15.4 Å². The van der Waals surface area contributed by atoms with Crippen LogP contribution in [0.3, 0.4) is 0 Å². The molecule has 2 amide bonds. The molecule has 1 heterocycles. The van der Waals surface area contributed by atoms with Crippen LogP contribution in [0.2, 0.25) is 0 Å². The molecule has 0 spiro atoms. The van der Waals surface area contributed by atoms with Gasteiger partial charge in [0.05, 0.1) is 12.9 Å². The van der Waals surface area contributed by atoms with Gasteiger partial charge in [0.25, 0.3) is 0 Å². The highest BCUT2D eigenvalue weighted by Gasteiger charge is 2.15. The average molecular weight is 363 g/mol. The number of nitrogens with zero attached hydrogens (tertiary/aromatic N) is 2. The van der Waals surface area contributed by atoms with Crippen molar-refractivity contribution in [3.05, 3.63) is 24.3 Å². The van der Waals surface area contributed by atoms with Gasteiger partial charge in [-0.15, -0.1) is 5.10 Å². The zero-order valence-electron chi connectivity index (χ0n) is 14.3. The lowest BCUT2D eigenvalue weighted by Gasteiger charge is -2.12. The van der Waals surface area contributed by atoms with Gasteiger partial charge in [0.15, 0.2) is 5.82 Å². The Morgan fingerprint density at radius 2 is 2.04 bits per heavy atom. The van der Waals surface area contributed by atoms with Crippen molar-refractivity contribution in [2.75, 3.05) is 19.4 Å². The maximum absolute atomic E-state index is 11.9. The Kier molecular flexibility index (Phi) is 6.81. The number of thioether (sulfide) groups is 1. The van der Waals surface area contributed by atoms with Crippen molar-refractivity contribution in [3.63, 3.8) is 0 Å². The van der Waals surface area contributed by atoms with Crippen LogP contribution in [0.15, 0.2) is 29.4 Å². The summed E-state index contributed by atoms with van der Waals surface area (Å²) in [7, 11) is 1.61. The molecule has 0 aliphatic rings. The van der Waals surface area contributed by atoms with Crippen LogP contribution in [-0.4, -0.2) is 52.4 Å². The minimum absolute atomic E-state index is 0.129. The van der Waals surface area contributed by atoms with Crippen LogP contribution in [0.1, 0.15) is 13.8 Å². The number of aromatic amines is 1. The molecular formula is C16H21N5O3S. The molecule has 0 bridgehead atoms. The number of aromatic nitrogens is 3. The molecular weight excluding hydrogens is 342 g/mol. The first-order chi connectivity index (χ1) is 12.0. The Morgan fingerprint density at radius 3 is 2.68 bits per heavy atom. The fourth-order valence-corrected chi connectivity index (χ4v) is 2.60. The van der Waals surface area contributed by atoms with Gasteiger partial charge in [0.1, 0.15) is 11.8 Å². The van der Waals surface area contributed by atoms with E-state index in [4.69, 9.17) is 4.74 Å². The highest BCUT2D eigenvalue weighted by Crippen LogP contribution is 2.21.